The first kappa shape index (κ1) is 85.2. The van der Waals surface area contributed by atoms with Crippen LogP contribution in [0.5, 0.6) is 0 Å². The summed E-state index contributed by atoms with van der Waals surface area (Å²) in [6.07, 6.45) is 40.6. The molecule has 3 rings (SSSR count). The van der Waals surface area contributed by atoms with Crippen molar-refractivity contribution in [2.45, 2.75) is 401 Å². The molecule has 0 aromatic carbocycles. The Morgan fingerprint density at radius 2 is 0.688 bits per heavy atom. The van der Waals surface area contributed by atoms with Gasteiger partial charge in [0.15, 0.2) is 18.9 Å². The van der Waals surface area contributed by atoms with Crippen LogP contribution in [0, 0.1) is 0 Å². The van der Waals surface area contributed by atoms with Gasteiger partial charge in [-0.3, -0.25) is 4.79 Å². The lowest BCUT2D eigenvalue weighted by molar-refractivity contribution is -0.379. The zero-order valence-corrected chi connectivity index (χ0v) is 58.0. The van der Waals surface area contributed by atoms with Crippen LogP contribution in [0.1, 0.15) is 296 Å². The number of carbonyl (C=O) groups excluding carboxylic acids is 1. The summed E-state index contributed by atoms with van der Waals surface area (Å²) in [5.41, 5.74) is 0. The third kappa shape index (κ3) is 37.1. The molecule has 0 aliphatic carbocycles. The molecule has 0 aromatic rings. The van der Waals surface area contributed by atoms with Gasteiger partial charge < -0.3 is 89.9 Å². The minimum Gasteiger partial charge on any atom is -0.394 e. The van der Waals surface area contributed by atoms with Gasteiger partial charge in [0.25, 0.3) is 0 Å². The molecule has 546 valence electrons. The van der Waals surface area contributed by atoms with Crippen LogP contribution in [0.2, 0.25) is 0 Å². The first-order valence-electron chi connectivity index (χ1n) is 37.7. The average molecular weight is 1330 g/mol. The van der Waals surface area contributed by atoms with Crippen molar-refractivity contribution < 1.29 is 89.4 Å². The number of ether oxygens (including phenoxy) is 6. The van der Waals surface area contributed by atoms with E-state index >= 15 is 0 Å². The number of rotatable bonds is 59. The van der Waals surface area contributed by atoms with Gasteiger partial charge in [0.05, 0.1) is 38.6 Å². The summed E-state index contributed by atoms with van der Waals surface area (Å²) in [7, 11) is 0. The van der Waals surface area contributed by atoms with Crippen LogP contribution in [0.25, 0.3) is 0 Å². The van der Waals surface area contributed by atoms with Gasteiger partial charge in [-0.15, -0.1) is 0 Å². The summed E-state index contributed by atoms with van der Waals surface area (Å²) in [6, 6.07) is -0.993. The normalized spacial score (nSPS) is 27.7. The first-order chi connectivity index (χ1) is 45.3. The minimum atomic E-state index is -1.98. The van der Waals surface area contributed by atoms with Gasteiger partial charge in [0.1, 0.15) is 73.2 Å². The van der Waals surface area contributed by atoms with E-state index in [1.165, 1.54) is 212 Å². The average Bonchev–Trinajstić information content (AvgIpc) is 0.817. The molecule has 93 heavy (non-hydrogen) atoms. The second kappa shape index (κ2) is 55.8. The molecule has 3 aliphatic rings. The van der Waals surface area contributed by atoms with Crippen LogP contribution in [-0.4, -0.2) is 193 Å². The van der Waals surface area contributed by atoms with Crippen molar-refractivity contribution in [3.63, 3.8) is 0 Å². The molecule has 0 spiro atoms. The van der Waals surface area contributed by atoms with Gasteiger partial charge in [0, 0.05) is 6.42 Å². The SMILES string of the molecule is CCC/C=C/CC/C=C/CC/C=C/C(O)C(COC1OC(CO)C(OC2OC(CO)C(OC3OC(CO)C(O)C(O)C3O)C(O)C2O)C(O)C1O)NC(=O)CCCCCCCCCCCCCCCCCCCCCCCCCCCCCCCCCCCCCCC. The quantitative estimate of drug-likeness (QED) is 0.0199. The molecule has 0 bridgehead atoms. The Balaban J connectivity index is 1.28. The summed E-state index contributed by atoms with van der Waals surface area (Å²) in [5, 5.41) is 120. The van der Waals surface area contributed by atoms with E-state index in [1.807, 2.05) is 6.08 Å². The number of amides is 1. The molecule has 17 atom stereocenters. The van der Waals surface area contributed by atoms with Gasteiger partial charge in [-0.05, 0) is 38.5 Å². The Kier molecular flexibility index (Phi) is 51.2. The standard InChI is InChI=1S/C74H137NO18/c1-3-5-7-9-11-13-15-16-17-18-19-20-21-22-23-24-25-26-27-28-29-30-31-32-33-34-35-36-37-38-39-40-42-44-46-48-50-52-62(80)75-57(58(79)51-49-47-45-43-41-14-12-10-8-6-4-2)56-88-72-68(86)65(83)70(60(54-77)90-72)93-74-69(87)66(84)71(61(55-78)91-74)92-73-67(85)64(82)63(81)59(53-76)89-73/h8,10,41,43,49,51,57-61,63-74,76-79,81-87H,3-7,9,11-40,42,44-48,50,52-56H2,1-2H3,(H,75,80)/b10-8+,43-41+,51-49+. The van der Waals surface area contributed by atoms with Gasteiger partial charge in [0.2, 0.25) is 5.91 Å². The summed E-state index contributed by atoms with van der Waals surface area (Å²) in [4.78, 5) is 13.4. The maximum absolute atomic E-state index is 13.4. The fourth-order valence-corrected chi connectivity index (χ4v) is 12.8. The molecule has 0 radical (unpaired) electrons. The second-order valence-corrected chi connectivity index (χ2v) is 27.1. The predicted octanol–water partition coefficient (Wildman–Crippen LogP) is 11.2. The number of allylic oxidation sites excluding steroid dienone is 5. The summed E-state index contributed by atoms with van der Waals surface area (Å²) in [5.74, 6) is -0.287. The molecule has 19 heteroatoms. The van der Waals surface area contributed by atoms with Crippen LogP contribution >= 0.6 is 0 Å². The van der Waals surface area contributed by atoms with E-state index in [1.54, 1.807) is 6.08 Å². The van der Waals surface area contributed by atoms with Crippen molar-refractivity contribution in [3.8, 4) is 0 Å². The van der Waals surface area contributed by atoms with Crippen molar-refractivity contribution in [2.24, 2.45) is 0 Å². The number of aliphatic hydroxyl groups is 11. The topological polar surface area (TPSA) is 307 Å². The van der Waals surface area contributed by atoms with E-state index in [0.717, 1.165) is 51.4 Å². The number of hydrogen-bond donors (Lipinski definition) is 12. The van der Waals surface area contributed by atoms with E-state index < -0.39 is 124 Å². The fourth-order valence-electron chi connectivity index (χ4n) is 12.8. The van der Waals surface area contributed by atoms with Crippen LogP contribution < -0.4 is 5.32 Å². The van der Waals surface area contributed by atoms with Gasteiger partial charge in [-0.2, -0.15) is 0 Å². The fraction of sp³-hybridized carbons (Fsp3) is 0.905. The highest BCUT2D eigenvalue weighted by Gasteiger charge is 2.53. The van der Waals surface area contributed by atoms with Gasteiger partial charge in [-0.25, -0.2) is 0 Å². The number of nitrogens with one attached hydrogen (secondary N) is 1. The maximum Gasteiger partial charge on any atom is 0.220 e. The molecule has 3 saturated heterocycles. The Bertz CT molecular complexity index is 1830. The van der Waals surface area contributed by atoms with Crippen LogP contribution in [-0.2, 0) is 33.2 Å². The van der Waals surface area contributed by atoms with Crippen LogP contribution in [0.15, 0.2) is 36.5 Å². The van der Waals surface area contributed by atoms with Gasteiger partial charge >= 0.3 is 0 Å². The minimum absolute atomic E-state index is 0.236. The first-order valence-corrected chi connectivity index (χ1v) is 37.7. The lowest BCUT2D eigenvalue weighted by Gasteiger charge is -2.48. The van der Waals surface area contributed by atoms with Crippen molar-refractivity contribution >= 4 is 5.91 Å². The number of carbonyl (C=O) groups is 1. The largest absolute Gasteiger partial charge is 0.394 e. The highest BCUT2D eigenvalue weighted by molar-refractivity contribution is 5.76. The lowest BCUT2D eigenvalue weighted by atomic mass is 9.96. The Morgan fingerprint density at radius 1 is 0.376 bits per heavy atom. The Morgan fingerprint density at radius 3 is 1.05 bits per heavy atom. The Hall–Kier alpha value is -1.99. The summed E-state index contributed by atoms with van der Waals surface area (Å²) >= 11 is 0. The van der Waals surface area contributed by atoms with Gasteiger partial charge in [-0.1, -0.05) is 288 Å². The molecule has 1 amide bonds. The highest BCUT2D eigenvalue weighted by atomic mass is 16.8. The highest BCUT2D eigenvalue weighted by Crippen LogP contribution is 2.33. The third-order valence-corrected chi connectivity index (χ3v) is 18.9. The van der Waals surface area contributed by atoms with E-state index in [2.05, 4.69) is 43.5 Å². The van der Waals surface area contributed by atoms with E-state index in [0.29, 0.717) is 12.8 Å². The van der Waals surface area contributed by atoms with Crippen LogP contribution in [0.3, 0.4) is 0 Å². The van der Waals surface area contributed by atoms with Crippen molar-refractivity contribution in [3.05, 3.63) is 36.5 Å². The molecular formula is C74H137NO18. The van der Waals surface area contributed by atoms with E-state index in [4.69, 9.17) is 28.4 Å². The number of aliphatic hydroxyl groups excluding tert-OH is 11. The zero-order chi connectivity index (χ0) is 67.5. The summed E-state index contributed by atoms with van der Waals surface area (Å²) in [6.45, 7) is 1.64. The molecule has 12 N–H and O–H groups in total. The molecule has 0 saturated carbocycles. The lowest BCUT2D eigenvalue weighted by Crippen LogP contribution is -2.66. The molecule has 3 fully saturated rings. The van der Waals surface area contributed by atoms with E-state index in [9.17, 15) is 61.0 Å². The summed E-state index contributed by atoms with van der Waals surface area (Å²) < 4.78 is 34.3. The smallest absolute Gasteiger partial charge is 0.220 e. The predicted molar refractivity (Wildman–Crippen MR) is 365 cm³/mol. The molecular weight excluding hydrogens is 1190 g/mol. The Labute approximate surface area is 561 Å². The zero-order valence-electron chi connectivity index (χ0n) is 58.0. The maximum atomic E-state index is 13.4. The second-order valence-electron chi connectivity index (χ2n) is 27.1. The van der Waals surface area contributed by atoms with Crippen LogP contribution in [0.4, 0.5) is 0 Å². The van der Waals surface area contributed by atoms with Crippen molar-refractivity contribution in [1.29, 1.82) is 0 Å². The molecule has 0 aromatic heterocycles. The number of hydrogen-bond acceptors (Lipinski definition) is 18. The molecule has 19 nitrogen and oxygen atoms in total. The molecule has 17 unspecified atom stereocenters. The molecule has 3 heterocycles. The monoisotopic (exact) mass is 1330 g/mol. The van der Waals surface area contributed by atoms with E-state index in [-0.39, 0.29) is 18.9 Å². The molecule has 3 aliphatic heterocycles. The number of unbranched alkanes of at least 4 members (excludes halogenated alkanes) is 39. The van der Waals surface area contributed by atoms with Crippen molar-refractivity contribution in [1.82, 2.24) is 5.32 Å². The van der Waals surface area contributed by atoms with Crippen molar-refractivity contribution in [2.75, 3.05) is 26.4 Å². The third-order valence-electron chi connectivity index (χ3n) is 18.9.